The molecule has 0 amide bonds. The van der Waals surface area contributed by atoms with Gasteiger partial charge in [-0.3, -0.25) is 4.98 Å². The Balaban J connectivity index is 1.67. The maximum absolute atomic E-state index is 5.76. The molecule has 1 aromatic carbocycles. The smallest absolute Gasteiger partial charge is 0.213 e. The first-order valence-corrected chi connectivity index (χ1v) is 7.42. The molecule has 0 aliphatic carbocycles. The molecule has 4 nitrogen and oxygen atoms in total. The molecule has 2 heterocycles. The zero-order valence-corrected chi connectivity index (χ0v) is 13.0. The zero-order valence-electron chi connectivity index (χ0n) is 13.0. The Morgan fingerprint density at radius 3 is 2.52 bits per heavy atom. The topological polar surface area (TPSA) is 44.2 Å². The third-order valence-corrected chi connectivity index (χ3v) is 3.40. The minimum Gasteiger partial charge on any atom is -0.481 e. The van der Waals surface area contributed by atoms with E-state index in [1.54, 1.807) is 13.3 Å². The van der Waals surface area contributed by atoms with Crippen LogP contribution in [-0.2, 0) is 18.0 Å². The van der Waals surface area contributed by atoms with E-state index in [2.05, 4.69) is 22.1 Å². The van der Waals surface area contributed by atoms with Crippen molar-refractivity contribution in [1.82, 2.24) is 9.97 Å². The van der Waals surface area contributed by atoms with Crippen LogP contribution in [-0.4, -0.2) is 17.1 Å². The summed E-state index contributed by atoms with van der Waals surface area (Å²) in [4.78, 5) is 8.71. The van der Waals surface area contributed by atoms with Crippen molar-refractivity contribution in [1.29, 1.82) is 0 Å². The molecule has 0 saturated heterocycles. The van der Waals surface area contributed by atoms with E-state index in [9.17, 15) is 0 Å². The minimum atomic E-state index is 0.514. The van der Waals surface area contributed by atoms with Crippen LogP contribution in [0.1, 0.15) is 11.1 Å². The van der Waals surface area contributed by atoms with Crippen molar-refractivity contribution in [2.75, 3.05) is 7.11 Å². The largest absolute Gasteiger partial charge is 0.481 e. The summed E-state index contributed by atoms with van der Waals surface area (Å²) in [6, 6.07) is 17.8. The molecule has 0 radical (unpaired) electrons. The van der Waals surface area contributed by atoms with Crippen LogP contribution in [0.2, 0.25) is 0 Å². The molecule has 0 spiro atoms. The number of methoxy groups -OCH3 is 1. The van der Waals surface area contributed by atoms with Gasteiger partial charge >= 0.3 is 0 Å². The number of ether oxygens (including phenoxy) is 2. The predicted octanol–water partition coefficient (Wildman–Crippen LogP) is 3.87. The number of hydrogen-bond acceptors (Lipinski definition) is 4. The molecule has 23 heavy (non-hydrogen) atoms. The second kappa shape index (κ2) is 7.51. The third kappa shape index (κ3) is 4.14. The molecule has 0 unspecified atom stereocenters. The van der Waals surface area contributed by atoms with Crippen LogP contribution in [0.5, 0.6) is 5.88 Å². The van der Waals surface area contributed by atoms with Crippen molar-refractivity contribution >= 4 is 0 Å². The van der Waals surface area contributed by atoms with Crippen LogP contribution >= 0.6 is 0 Å². The molecule has 116 valence electrons. The van der Waals surface area contributed by atoms with Crippen molar-refractivity contribution in [3.8, 4) is 17.1 Å². The van der Waals surface area contributed by atoms with E-state index in [1.807, 2.05) is 48.7 Å². The van der Waals surface area contributed by atoms with Gasteiger partial charge in [-0.2, -0.15) is 0 Å². The third-order valence-electron chi connectivity index (χ3n) is 3.40. The Kier molecular flexibility index (Phi) is 4.96. The van der Waals surface area contributed by atoms with Gasteiger partial charge in [-0.15, -0.1) is 0 Å². The highest BCUT2D eigenvalue weighted by Crippen LogP contribution is 2.20. The van der Waals surface area contributed by atoms with Crippen LogP contribution < -0.4 is 4.74 Å². The van der Waals surface area contributed by atoms with E-state index >= 15 is 0 Å². The van der Waals surface area contributed by atoms with Gasteiger partial charge in [-0.1, -0.05) is 36.4 Å². The van der Waals surface area contributed by atoms with Crippen molar-refractivity contribution in [2.24, 2.45) is 0 Å². The highest BCUT2D eigenvalue weighted by molar-refractivity contribution is 5.59. The predicted molar refractivity (Wildman–Crippen MR) is 89.0 cm³/mol. The summed E-state index contributed by atoms with van der Waals surface area (Å²) in [5.74, 6) is 0.591. The number of hydrogen-bond donors (Lipinski definition) is 0. The first kappa shape index (κ1) is 15.2. The number of nitrogens with zero attached hydrogens (tertiary/aromatic N) is 2. The van der Waals surface area contributed by atoms with Crippen LogP contribution in [0.25, 0.3) is 11.3 Å². The first-order valence-electron chi connectivity index (χ1n) is 7.42. The Morgan fingerprint density at radius 1 is 0.870 bits per heavy atom. The lowest BCUT2D eigenvalue weighted by Crippen LogP contribution is -1.96. The SMILES string of the molecule is COc1cccc(-c2cncc(COCc3ccccc3)c2)n1. The van der Waals surface area contributed by atoms with E-state index in [-0.39, 0.29) is 0 Å². The Hall–Kier alpha value is -2.72. The summed E-state index contributed by atoms with van der Waals surface area (Å²) in [6.07, 6.45) is 3.61. The van der Waals surface area contributed by atoms with Gasteiger partial charge in [0, 0.05) is 24.0 Å². The Morgan fingerprint density at radius 2 is 1.70 bits per heavy atom. The maximum atomic E-state index is 5.76. The van der Waals surface area contributed by atoms with Crippen molar-refractivity contribution in [3.63, 3.8) is 0 Å². The fourth-order valence-electron chi connectivity index (χ4n) is 2.26. The van der Waals surface area contributed by atoms with Crippen LogP contribution in [0.4, 0.5) is 0 Å². The molecule has 3 rings (SSSR count). The molecule has 0 saturated carbocycles. The lowest BCUT2D eigenvalue weighted by atomic mass is 10.1. The second-order valence-electron chi connectivity index (χ2n) is 5.13. The van der Waals surface area contributed by atoms with Gasteiger partial charge in [0.25, 0.3) is 0 Å². The fraction of sp³-hybridized carbons (Fsp3) is 0.158. The molecule has 0 fully saturated rings. The summed E-state index contributed by atoms with van der Waals surface area (Å²) in [5.41, 5.74) is 3.96. The minimum absolute atomic E-state index is 0.514. The quantitative estimate of drug-likeness (QED) is 0.693. The van der Waals surface area contributed by atoms with E-state index in [0.717, 1.165) is 22.4 Å². The molecule has 0 atom stereocenters. The molecule has 4 heteroatoms. The maximum Gasteiger partial charge on any atom is 0.213 e. The number of pyridine rings is 2. The second-order valence-corrected chi connectivity index (χ2v) is 5.13. The summed E-state index contributed by atoms with van der Waals surface area (Å²) < 4.78 is 10.9. The highest BCUT2D eigenvalue weighted by atomic mass is 16.5. The summed E-state index contributed by atoms with van der Waals surface area (Å²) in [6.45, 7) is 1.10. The van der Waals surface area contributed by atoms with E-state index < -0.39 is 0 Å². The number of benzene rings is 1. The monoisotopic (exact) mass is 306 g/mol. The van der Waals surface area contributed by atoms with Crippen LogP contribution in [0, 0.1) is 0 Å². The average molecular weight is 306 g/mol. The zero-order chi connectivity index (χ0) is 15.9. The number of aromatic nitrogens is 2. The normalized spacial score (nSPS) is 10.5. The first-order chi connectivity index (χ1) is 11.3. The van der Waals surface area contributed by atoms with Crippen molar-refractivity contribution in [2.45, 2.75) is 13.2 Å². The van der Waals surface area contributed by atoms with Gasteiger partial charge in [0.1, 0.15) is 0 Å². The average Bonchev–Trinajstić information content (AvgIpc) is 2.63. The molecule has 0 bridgehead atoms. The summed E-state index contributed by atoms with van der Waals surface area (Å²) in [5, 5.41) is 0. The van der Waals surface area contributed by atoms with E-state index in [4.69, 9.17) is 9.47 Å². The van der Waals surface area contributed by atoms with Gasteiger partial charge < -0.3 is 9.47 Å². The van der Waals surface area contributed by atoms with Gasteiger partial charge in [0.15, 0.2) is 0 Å². The van der Waals surface area contributed by atoms with Crippen molar-refractivity contribution in [3.05, 3.63) is 78.1 Å². The van der Waals surface area contributed by atoms with Crippen molar-refractivity contribution < 1.29 is 9.47 Å². The molecular formula is C19H18N2O2. The van der Waals surface area contributed by atoms with E-state index in [1.165, 1.54) is 0 Å². The molecule has 0 aliphatic rings. The highest BCUT2D eigenvalue weighted by Gasteiger charge is 2.04. The standard InChI is InChI=1S/C19H18N2O2/c1-22-19-9-5-8-18(21-19)17-10-16(11-20-12-17)14-23-13-15-6-3-2-4-7-15/h2-12H,13-14H2,1H3. The van der Waals surface area contributed by atoms with E-state index in [0.29, 0.717) is 19.1 Å². The molecule has 0 aliphatic heterocycles. The summed E-state index contributed by atoms with van der Waals surface area (Å²) in [7, 11) is 1.61. The lowest BCUT2D eigenvalue weighted by Gasteiger charge is -2.07. The fourth-order valence-corrected chi connectivity index (χ4v) is 2.26. The van der Waals surface area contributed by atoms with Gasteiger partial charge in [-0.25, -0.2) is 4.98 Å². The molecule has 0 N–H and O–H groups in total. The lowest BCUT2D eigenvalue weighted by molar-refractivity contribution is 0.107. The number of rotatable bonds is 6. The summed E-state index contributed by atoms with van der Waals surface area (Å²) >= 11 is 0. The molecule has 2 aromatic heterocycles. The molecule has 3 aromatic rings. The van der Waals surface area contributed by atoms with Crippen LogP contribution in [0.15, 0.2) is 67.0 Å². The van der Waals surface area contributed by atoms with Gasteiger partial charge in [0.05, 0.1) is 26.0 Å². The Labute approximate surface area is 135 Å². The molecular weight excluding hydrogens is 288 g/mol. The van der Waals surface area contributed by atoms with Crippen LogP contribution in [0.3, 0.4) is 0 Å². The van der Waals surface area contributed by atoms with Gasteiger partial charge in [-0.05, 0) is 23.3 Å². The van der Waals surface area contributed by atoms with Gasteiger partial charge in [0.2, 0.25) is 5.88 Å². The Bertz CT molecular complexity index is 760.